The molecule has 0 spiro atoms. The van der Waals surface area contributed by atoms with Crippen LogP contribution >= 0.6 is 0 Å². The predicted octanol–water partition coefficient (Wildman–Crippen LogP) is 2.56. The smallest absolute Gasteiger partial charge is 0.267 e. The number of nitrogens with zero attached hydrogens (tertiary/aromatic N) is 6. The Hall–Kier alpha value is -3.35. The van der Waals surface area contributed by atoms with Gasteiger partial charge in [-0.15, -0.1) is 0 Å². The van der Waals surface area contributed by atoms with Gasteiger partial charge in [-0.05, 0) is 42.7 Å². The molecule has 0 radical (unpaired) electrons. The predicted molar refractivity (Wildman–Crippen MR) is 98.6 cm³/mol. The van der Waals surface area contributed by atoms with Crippen molar-refractivity contribution in [2.24, 2.45) is 5.92 Å². The van der Waals surface area contributed by atoms with E-state index in [4.69, 9.17) is 0 Å². The van der Waals surface area contributed by atoms with E-state index in [1.54, 1.807) is 21.8 Å². The third-order valence-corrected chi connectivity index (χ3v) is 4.06. The van der Waals surface area contributed by atoms with Crippen LogP contribution < -0.4 is 5.56 Å². The van der Waals surface area contributed by atoms with Gasteiger partial charge < -0.3 is 0 Å². The number of hydrogen-bond donors (Lipinski definition) is 0. The summed E-state index contributed by atoms with van der Waals surface area (Å²) >= 11 is 0. The number of rotatable bonds is 4. The molecule has 3 aromatic heterocycles. The van der Waals surface area contributed by atoms with E-state index in [1.807, 2.05) is 36.4 Å². The second-order valence-electron chi connectivity index (χ2n) is 6.50. The van der Waals surface area contributed by atoms with Gasteiger partial charge in [-0.2, -0.15) is 5.10 Å². The molecule has 0 saturated heterocycles. The van der Waals surface area contributed by atoms with Gasteiger partial charge >= 0.3 is 0 Å². The van der Waals surface area contributed by atoms with Gasteiger partial charge in [0.2, 0.25) is 0 Å². The third kappa shape index (κ3) is 2.88. The quantitative estimate of drug-likeness (QED) is 0.567. The van der Waals surface area contributed by atoms with Crippen molar-refractivity contribution in [2.75, 3.05) is 0 Å². The lowest BCUT2D eigenvalue weighted by atomic mass is 10.1. The van der Waals surface area contributed by atoms with Crippen LogP contribution in [0.5, 0.6) is 0 Å². The third-order valence-electron chi connectivity index (χ3n) is 4.06. The lowest BCUT2D eigenvalue weighted by molar-refractivity contribution is 0.628. The number of hydrogen-bond acceptors (Lipinski definition) is 5. The Balaban J connectivity index is 1.97. The Morgan fingerprint density at radius 3 is 2.73 bits per heavy atom. The molecule has 130 valence electrons. The van der Waals surface area contributed by atoms with Gasteiger partial charge in [0, 0.05) is 6.20 Å². The molecule has 3 heterocycles. The lowest BCUT2D eigenvalue weighted by Gasteiger charge is -2.13. The van der Waals surface area contributed by atoms with Crippen LogP contribution in [-0.2, 0) is 6.42 Å². The zero-order valence-corrected chi connectivity index (χ0v) is 14.6. The van der Waals surface area contributed by atoms with Crippen LogP contribution in [-0.4, -0.2) is 29.3 Å². The van der Waals surface area contributed by atoms with Crippen molar-refractivity contribution >= 4 is 11.2 Å². The molecule has 0 saturated carbocycles. The number of benzene rings is 1. The van der Waals surface area contributed by atoms with E-state index in [0.717, 1.165) is 11.4 Å². The van der Waals surface area contributed by atoms with Crippen molar-refractivity contribution in [1.29, 1.82) is 0 Å². The van der Waals surface area contributed by atoms with Gasteiger partial charge in [-0.1, -0.05) is 19.9 Å². The fourth-order valence-electron chi connectivity index (χ4n) is 2.94. The minimum absolute atomic E-state index is 0.138. The molecule has 0 unspecified atom stereocenters. The van der Waals surface area contributed by atoms with Gasteiger partial charge in [0.1, 0.15) is 23.9 Å². The van der Waals surface area contributed by atoms with Crippen LogP contribution in [0.1, 0.15) is 19.5 Å². The Labute approximate surface area is 150 Å². The molecule has 0 bridgehead atoms. The van der Waals surface area contributed by atoms with Gasteiger partial charge in [0.15, 0.2) is 5.65 Å². The van der Waals surface area contributed by atoms with Crippen LogP contribution in [0.3, 0.4) is 0 Å². The molecule has 0 aliphatic heterocycles. The van der Waals surface area contributed by atoms with Crippen molar-refractivity contribution in [1.82, 2.24) is 29.3 Å². The van der Waals surface area contributed by atoms with Crippen LogP contribution in [0.2, 0.25) is 0 Å². The first kappa shape index (κ1) is 16.1. The average Bonchev–Trinajstić information content (AvgIpc) is 3.17. The molecule has 4 rings (SSSR count). The highest BCUT2D eigenvalue weighted by Crippen LogP contribution is 2.17. The SMILES string of the molecule is CC(C)Cc1nc2cccnc2n(-c2cccc(-n3cncn3)c2)c1=O. The average molecular weight is 346 g/mol. The minimum Gasteiger partial charge on any atom is -0.267 e. The van der Waals surface area contributed by atoms with Crippen LogP contribution in [0.25, 0.3) is 22.5 Å². The van der Waals surface area contributed by atoms with E-state index in [1.165, 1.54) is 6.33 Å². The fraction of sp³-hybridized carbons (Fsp3) is 0.211. The van der Waals surface area contributed by atoms with Gasteiger partial charge in [0.25, 0.3) is 5.56 Å². The zero-order chi connectivity index (χ0) is 18.1. The second kappa shape index (κ2) is 6.51. The van der Waals surface area contributed by atoms with E-state index in [-0.39, 0.29) is 5.56 Å². The van der Waals surface area contributed by atoms with Crippen molar-refractivity contribution < 1.29 is 0 Å². The van der Waals surface area contributed by atoms with E-state index >= 15 is 0 Å². The zero-order valence-electron chi connectivity index (χ0n) is 14.6. The first-order chi connectivity index (χ1) is 12.6. The maximum atomic E-state index is 13.1. The molecular weight excluding hydrogens is 328 g/mol. The molecular formula is C19H18N6O. The summed E-state index contributed by atoms with van der Waals surface area (Å²) in [5, 5.41) is 4.15. The molecule has 0 atom stereocenters. The van der Waals surface area contributed by atoms with E-state index in [2.05, 4.69) is 33.9 Å². The maximum Gasteiger partial charge on any atom is 0.278 e. The highest BCUT2D eigenvalue weighted by molar-refractivity contribution is 5.72. The molecule has 7 heteroatoms. The Morgan fingerprint density at radius 2 is 1.96 bits per heavy atom. The van der Waals surface area contributed by atoms with Crippen LogP contribution in [0.4, 0.5) is 0 Å². The van der Waals surface area contributed by atoms with Gasteiger partial charge in [-0.25, -0.2) is 19.6 Å². The summed E-state index contributed by atoms with van der Waals surface area (Å²) in [6.45, 7) is 4.15. The van der Waals surface area contributed by atoms with E-state index < -0.39 is 0 Å². The molecule has 0 aliphatic carbocycles. The summed E-state index contributed by atoms with van der Waals surface area (Å²) in [6, 6.07) is 11.3. The Morgan fingerprint density at radius 1 is 1.12 bits per heavy atom. The molecule has 0 amide bonds. The molecule has 0 N–H and O–H groups in total. The summed E-state index contributed by atoms with van der Waals surface area (Å²) in [4.78, 5) is 26.1. The monoisotopic (exact) mass is 346 g/mol. The molecule has 0 aliphatic rings. The first-order valence-electron chi connectivity index (χ1n) is 8.45. The summed E-state index contributed by atoms with van der Waals surface area (Å²) in [5.41, 5.74) is 3.19. The standard InChI is InChI=1S/C19H18N6O/c1-13(2)9-17-19(26)25(18-16(23-17)7-4-8-21-18)15-6-3-5-14(10-15)24-12-20-11-22-24/h3-8,10-13H,9H2,1-2H3. The largest absolute Gasteiger partial charge is 0.278 e. The molecule has 4 aromatic rings. The molecule has 0 fully saturated rings. The Bertz CT molecular complexity index is 1110. The van der Waals surface area contributed by atoms with Crippen molar-refractivity contribution in [3.63, 3.8) is 0 Å². The number of aromatic nitrogens is 6. The van der Waals surface area contributed by atoms with E-state index in [9.17, 15) is 4.79 Å². The van der Waals surface area contributed by atoms with Crippen LogP contribution in [0.15, 0.2) is 60.0 Å². The summed E-state index contributed by atoms with van der Waals surface area (Å²) in [7, 11) is 0. The van der Waals surface area contributed by atoms with Gasteiger partial charge in [-0.3, -0.25) is 9.36 Å². The van der Waals surface area contributed by atoms with Crippen molar-refractivity contribution in [2.45, 2.75) is 20.3 Å². The Kier molecular flexibility index (Phi) is 4.04. The topological polar surface area (TPSA) is 78.5 Å². The molecule has 7 nitrogen and oxygen atoms in total. The summed E-state index contributed by atoms with van der Waals surface area (Å²) in [5.74, 6) is 0.333. The fourth-order valence-corrected chi connectivity index (χ4v) is 2.94. The van der Waals surface area contributed by atoms with Crippen LogP contribution in [0, 0.1) is 5.92 Å². The van der Waals surface area contributed by atoms with Crippen molar-refractivity contribution in [3.8, 4) is 11.4 Å². The summed E-state index contributed by atoms with van der Waals surface area (Å²) in [6.07, 6.45) is 5.38. The number of pyridine rings is 1. The minimum atomic E-state index is -0.138. The lowest BCUT2D eigenvalue weighted by Crippen LogP contribution is -2.26. The van der Waals surface area contributed by atoms with Gasteiger partial charge in [0.05, 0.1) is 11.4 Å². The normalized spacial score (nSPS) is 11.3. The summed E-state index contributed by atoms with van der Waals surface area (Å²) < 4.78 is 3.28. The second-order valence-corrected chi connectivity index (χ2v) is 6.50. The maximum absolute atomic E-state index is 13.1. The highest BCUT2D eigenvalue weighted by Gasteiger charge is 2.15. The number of fused-ring (bicyclic) bond motifs is 1. The first-order valence-corrected chi connectivity index (χ1v) is 8.45. The molecule has 1 aromatic carbocycles. The highest BCUT2D eigenvalue weighted by atomic mass is 16.1. The molecule has 26 heavy (non-hydrogen) atoms. The van der Waals surface area contributed by atoms with Crippen molar-refractivity contribution in [3.05, 3.63) is 71.3 Å². The van der Waals surface area contributed by atoms with E-state index in [0.29, 0.717) is 29.2 Å².